The van der Waals surface area contributed by atoms with Crippen molar-refractivity contribution in [2.45, 2.75) is 50.9 Å². The van der Waals surface area contributed by atoms with Gasteiger partial charge in [0.1, 0.15) is 11.9 Å². The van der Waals surface area contributed by atoms with Crippen LogP contribution in [-0.4, -0.2) is 43.2 Å². The summed E-state index contributed by atoms with van der Waals surface area (Å²) < 4.78 is 41.2. The summed E-state index contributed by atoms with van der Waals surface area (Å²) in [6.07, 6.45) is 0.365. The SMILES string of the molecule is O=C(C1CCCc2nn(Cc3cc(C(F)(F)F)ccn3)c(=O)n21)N1CCCC1. The number of rotatable bonds is 3. The van der Waals surface area contributed by atoms with Crippen LogP contribution in [0.5, 0.6) is 0 Å². The minimum absolute atomic E-state index is 0.0720. The molecule has 10 heteroatoms. The molecule has 4 heterocycles. The van der Waals surface area contributed by atoms with E-state index in [-0.39, 0.29) is 18.1 Å². The van der Waals surface area contributed by atoms with E-state index in [1.165, 1.54) is 4.57 Å². The third kappa shape index (κ3) is 3.43. The second kappa shape index (κ2) is 7.06. The lowest BCUT2D eigenvalue weighted by molar-refractivity contribution is -0.137. The van der Waals surface area contributed by atoms with Crippen LogP contribution in [0.15, 0.2) is 23.1 Å². The highest BCUT2D eigenvalue weighted by atomic mass is 19.4. The number of hydrogen-bond donors (Lipinski definition) is 0. The summed E-state index contributed by atoms with van der Waals surface area (Å²) in [5.41, 5.74) is -1.21. The Bertz CT molecular complexity index is 943. The van der Waals surface area contributed by atoms with Gasteiger partial charge in [-0.25, -0.2) is 9.48 Å². The Labute approximate surface area is 158 Å². The molecule has 0 aromatic carbocycles. The lowest BCUT2D eigenvalue weighted by Gasteiger charge is -2.27. The van der Waals surface area contributed by atoms with Gasteiger partial charge >= 0.3 is 11.9 Å². The van der Waals surface area contributed by atoms with Gasteiger partial charge in [0, 0.05) is 25.7 Å². The monoisotopic (exact) mass is 395 g/mol. The largest absolute Gasteiger partial charge is 0.416 e. The maximum Gasteiger partial charge on any atom is 0.416 e. The van der Waals surface area contributed by atoms with Gasteiger partial charge in [0.2, 0.25) is 5.91 Å². The zero-order chi connectivity index (χ0) is 19.9. The van der Waals surface area contributed by atoms with Crippen molar-refractivity contribution in [1.29, 1.82) is 0 Å². The summed E-state index contributed by atoms with van der Waals surface area (Å²) in [7, 11) is 0. The van der Waals surface area contributed by atoms with Gasteiger partial charge in [-0.3, -0.25) is 14.3 Å². The molecule has 1 fully saturated rings. The van der Waals surface area contributed by atoms with E-state index in [1.54, 1.807) is 4.90 Å². The standard InChI is InChI=1S/C18H20F3N5O2/c19-18(20,21)12-6-7-22-13(10-12)11-25-17(28)26-14(4-3-5-15(26)23-25)16(27)24-8-1-2-9-24/h6-7,10,14H,1-5,8-9,11H2. The minimum Gasteiger partial charge on any atom is -0.341 e. The third-order valence-electron chi connectivity index (χ3n) is 5.29. The number of aromatic nitrogens is 4. The second-order valence-electron chi connectivity index (χ2n) is 7.20. The van der Waals surface area contributed by atoms with E-state index in [1.807, 2.05) is 0 Å². The lowest BCUT2D eigenvalue weighted by atomic mass is 10.0. The molecule has 1 atom stereocenters. The van der Waals surface area contributed by atoms with Crippen molar-refractivity contribution in [3.05, 3.63) is 45.9 Å². The Hall–Kier alpha value is -2.65. The lowest BCUT2D eigenvalue weighted by Crippen LogP contribution is -2.41. The topological polar surface area (TPSA) is 73.0 Å². The van der Waals surface area contributed by atoms with Gasteiger partial charge in [-0.1, -0.05) is 0 Å². The Balaban J connectivity index is 1.63. The molecule has 0 saturated carbocycles. The zero-order valence-corrected chi connectivity index (χ0v) is 15.2. The normalized spacial score (nSPS) is 19.7. The number of carbonyl (C=O) groups excluding carboxylic acids is 1. The number of aryl methyl sites for hydroxylation is 1. The molecule has 0 N–H and O–H groups in total. The summed E-state index contributed by atoms with van der Waals surface area (Å²) in [6.45, 7) is 1.22. The fourth-order valence-corrected chi connectivity index (χ4v) is 3.91. The zero-order valence-electron chi connectivity index (χ0n) is 15.2. The molecule has 28 heavy (non-hydrogen) atoms. The average Bonchev–Trinajstić information content (AvgIpc) is 3.30. The van der Waals surface area contributed by atoms with Gasteiger partial charge in [-0.05, 0) is 37.8 Å². The van der Waals surface area contributed by atoms with Crippen molar-refractivity contribution in [2.24, 2.45) is 0 Å². The van der Waals surface area contributed by atoms with Crippen LogP contribution in [0.3, 0.4) is 0 Å². The van der Waals surface area contributed by atoms with Crippen molar-refractivity contribution in [2.75, 3.05) is 13.1 Å². The summed E-state index contributed by atoms with van der Waals surface area (Å²) in [5.74, 6) is 0.429. The first-order chi connectivity index (χ1) is 13.3. The Morgan fingerprint density at radius 3 is 2.68 bits per heavy atom. The number of fused-ring (bicyclic) bond motifs is 1. The Morgan fingerprint density at radius 1 is 1.21 bits per heavy atom. The Morgan fingerprint density at radius 2 is 1.96 bits per heavy atom. The van der Waals surface area contributed by atoms with Gasteiger partial charge in [-0.2, -0.15) is 18.3 Å². The predicted octanol–water partition coefficient (Wildman–Crippen LogP) is 2.01. The quantitative estimate of drug-likeness (QED) is 0.797. The van der Waals surface area contributed by atoms with Crippen molar-refractivity contribution in [3.63, 3.8) is 0 Å². The van der Waals surface area contributed by atoms with E-state index in [2.05, 4.69) is 10.1 Å². The maximum absolute atomic E-state index is 12.9. The van der Waals surface area contributed by atoms with Crippen molar-refractivity contribution < 1.29 is 18.0 Å². The molecular formula is C18H20F3N5O2. The van der Waals surface area contributed by atoms with E-state index in [0.29, 0.717) is 31.8 Å². The van der Waals surface area contributed by atoms with E-state index < -0.39 is 23.5 Å². The van der Waals surface area contributed by atoms with E-state index in [0.717, 1.165) is 42.3 Å². The fraction of sp³-hybridized carbons (Fsp3) is 0.556. The van der Waals surface area contributed by atoms with Crippen LogP contribution in [0.2, 0.25) is 0 Å². The number of halogens is 3. The van der Waals surface area contributed by atoms with Gasteiger partial charge in [0.15, 0.2) is 0 Å². The first-order valence-corrected chi connectivity index (χ1v) is 9.34. The average molecular weight is 395 g/mol. The summed E-state index contributed by atoms with van der Waals surface area (Å²) >= 11 is 0. The fourth-order valence-electron chi connectivity index (χ4n) is 3.91. The van der Waals surface area contributed by atoms with Crippen LogP contribution in [0.4, 0.5) is 13.2 Å². The van der Waals surface area contributed by atoms with Crippen LogP contribution in [0, 0.1) is 0 Å². The highest BCUT2D eigenvalue weighted by Gasteiger charge is 2.34. The predicted molar refractivity (Wildman–Crippen MR) is 92.6 cm³/mol. The van der Waals surface area contributed by atoms with E-state index in [4.69, 9.17) is 0 Å². The molecule has 7 nitrogen and oxygen atoms in total. The summed E-state index contributed by atoms with van der Waals surface area (Å²) in [5, 5.41) is 4.27. The van der Waals surface area contributed by atoms with Gasteiger partial charge < -0.3 is 4.90 Å². The number of carbonyl (C=O) groups is 1. The summed E-state index contributed by atoms with van der Waals surface area (Å²) in [6, 6.07) is 1.21. The Kier molecular flexibility index (Phi) is 4.72. The number of nitrogens with zero attached hydrogens (tertiary/aromatic N) is 5. The van der Waals surface area contributed by atoms with Crippen molar-refractivity contribution in [3.8, 4) is 0 Å². The van der Waals surface area contributed by atoms with Crippen LogP contribution in [0.1, 0.15) is 48.8 Å². The molecule has 1 saturated heterocycles. The summed E-state index contributed by atoms with van der Waals surface area (Å²) in [4.78, 5) is 31.4. The smallest absolute Gasteiger partial charge is 0.341 e. The molecule has 2 aromatic heterocycles. The third-order valence-corrected chi connectivity index (χ3v) is 5.29. The van der Waals surface area contributed by atoms with E-state index in [9.17, 15) is 22.8 Å². The number of amides is 1. The highest BCUT2D eigenvalue weighted by Crippen LogP contribution is 2.29. The van der Waals surface area contributed by atoms with E-state index >= 15 is 0 Å². The molecule has 4 rings (SSSR count). The molecule has 0 aliphatic carbocycles. The molecule has 1 unspecified atom stereocenters. The first-order valence-electron chi connectivity index (χ1n) is 9.34. The molecule has 1 amide bonds. The van der Waals surface area contributed by atoms with Crippen molar-refractivity contribution >= 4 is 5.91 Å². The minimum atomic E-state index is -4.48. The molecule has 2 aliphatic rings. The first kappa shape index (κ1) is 18.7. The van der Waals surface area contributed by atoms with Gasteiger partial charge in [-0.15, -0.1) is 0 Å². The number of alkyl halides is 3. The molecule has 0 bridgehead atoms. The molecule has 150 valence electrons. The van der Waals surface area contributed by atoms with Crippen LogP contribution in [-0.2, 0) is 23.9 Å². The molecule has 2 aliphatic heterocycles. The maximum atomic E-state index is 12.9. The van der Waals surface area contributed by atoms with Crippen LogP contribution < -0.4 is 5.69 Å². The van der Waals surface area contributed by atoms with Gasteiger partial charge in [0.25, 0.3) is 0 Å². The molecule has 0 spiro atoms. The molecule has 0 radical (unpaired) electrons. The molecule has 2 aromatic rings. The number of likely N-dealkylation sites (tertiary alicyclic amines) is 1. The number of hydrogen-bond acceptors (Lipinski definition) is 4. The van der Waals surface area contributed by atoms with Crippen LogP contribution in [0.25, 0.3) is 0 Å². The van der Waals surface area contributed by atoms with Crippen LogP contribution >= 0.6 is 0 Å². The highest BCUT2D eigenvalue weighted by molar-refractivity contribution is 5.80. The van der Waals surface area contributed by atoms with Gasteiger partial charge in [0.05, 0.1) is 17.8 Å². The molecular weight excluding hydrogens is 375 g/mol. The number of pyridine rings is 1. The second-order valence-corrected chi connectivity index (χ2v) is 7.20. The van der Waals surface area contributed by atoms with Crippen molar-refractivity contribution in [1.82, 2.24) is 24.2 Å².